The Balaban J connectivity index is 1.28. The van der Waals surface area contributed by atoms with Crippen molar-refractivity contribution in [2.45, 2.75) is 13.0 Å². The first kappa shape index (κ1) is 17.7. The SMILES string of the molecule is O=C(Cc1cccc2ccccc12)NCC(=O)OCc1nc2ccccc2o1. The predicted octanol–water partition coefficient (Wildman–Crippen LogP) is 3.38. The standard InChI is InChI=1S/C22H18N2O4/c25-20(12-16-8-5-7-15-6-1-2-9-17(15)16)23-13-22(26)27-14-21-24-18-10-3-4-11-19(18)28-21/h1-11H,12-14H2,(H,23,25). The van der Waals surface area contributed by atoms with Crippen LogP contribution in [-0.2, 0) is 27.4 Å². The average Bonchev–Trinajstić information content (AvgIpc) is 3.14. The zero-order valence-electron chi connectivity index (χ0n) is 15.1. The summed E-state index contributed by atoms with van der Waals surface area (Å²) < 4.78 is 10.6. The number of nitrogens with zero attached hydrogens (tertiary/aromatic N) is 1. The van der Waals surface area contributed by atoms with Crippen LogP contribution in [0.5, 0.6) is 0 Å². The minimum atomic E-state index is -0.548. The Labute approximate surface area is 161 Å². The van der Waals surface area contributed by atoms with E-state index in [1.165, 1.54) is 0 Å². The Morgan fingerprint density at radius 1 is 0.964 bits per heavy atom. The molecule has 0 aliphatic carbocycles. The van der Waals surface area contributed by atoms with Crippen molar-refractivity contribution >= 4 is 33.7 Å². The number of oxazole rings is 1. The lowest BCUT2D eigenvalue weighted by Gasteiger charge is -2.08. The predicted molar refractivity (Wildman–Crippen MR) is 104 cm³/mol. The third kappa shape index (κ3) is 4.01. The van der Waals surface area contributed by atoms with Gasteiger partial charge < -0.3 is 14.5 Å². The average molecular weight is 374 g/mol. The number of carbonyl (C=O) groups excluding carboxylic acids is 2. The molecule has 1 amide bonds. The summed E-state index contributed by atoms with van der Waals surface area (Å²) in [5.74, 6) is -0.472. The van der Waals surface area contributed by atoms with Crippen LogP contribution in [0.3, 0.4) is 0 Å². The molecule has 6 heteroatoms. The zero-order valence-corrected chi connectivity index (χ0v) is 15.1. The number of aromatic nitrogens is 1. The fourth-order valence-corrected chi connectivity index (χ4v) is 3.03. The molecule has 1 N–H and O–H groups in total. The lowest BCUT2D eigenvalue weighted by Crippen LogP contribution is -2.31. The summed E-state index contributed by atoms with van der Waals surface area (Å²) in [6, 6.07) is 21.0. The number of hydrogen-bond donors (Lipinski definition) is 1. The lowest BCUT2D eigenvalue weighted by atomic mass is 10.0. The second kappa shape index (κ2) is 7.92. The molecule has 0 fully saturated rings. The Hall–Kier alpha value is -3.67. The molecule has 0 saturated heterocycles. The maximum absolute atomic E-state index is 12.2. The Bertz CT molecular complexity index is 1110. The van der Waals surface area contributed by atoms with Crippen molar-refractivity contribution in [3.8, 4) is 0 Å². The molecule has 0 aliphatic heterocycles. The molecular weight excluding hydrogens is 356 g/mol. The number of ether oxygens (including phenoxy) is 1. The highest BCUT2D eigenvalue weighted by Crippen LogP contribution is 2.19. The van der Waals surface area contributed by atoms with Crippen LogP contribution >= 0.6 is 0 Å². The minimum absolute atomic E-state index is 0.0767. The summed E-state index contributed by atoms with van der Waals surface area (Å²) in [7, 11) is 0. The summed E-state index contributed by atoms with van der Waals surface area (Å²) in [5.41, 5.74) is 2.25. The van der Waals surface area contributed by atoms with E-state index < -0.39 is 5.97 Å². The van der Waals surface area contributed by atoms with Gasteiger partial charge in [-0.05, 0) is 28.5 Å². The van der Waals surface area contributed by atoms with Gasteiger partial charge in [-0.15, -0.1) is 0 Å². The molecule has 0 unspecified atom stereocenters. The minimum Gasteiger partial charge on any atom is -0.454 e. The molecule has 4 rings (SSSR count). The van der Waals surface area contributed by atoms with Crippen molar-refractivity contribution in [2.24, 2.45) is 0 Å². The highest BCUT2D eigenvalue weighted by atomic mass is 16.5. The second-order valence-corrected chi connectivity index (χ2v) is 6.33. The van der Waals surface area contributed by atoms with Gasteiger partial charge in [0.1, 0.15) is 12.1 Å². The van der Waals surface area contributed by atoms with Gasteiger partial charge in [-0.25, -0.2) is 4.98 Å². The van der Waals surface area contributed by atoms with Gasteiger partial charge in [0, 0.05) is 0 Å². The topological polar surface area (TPSA) is 81.4 Å². The van der Waals surface area contributed by atoms with E-state index in [1.807, 2.05) is 60.7 Å². The van der Waals surface area contributed by atoms with E-state index in [0.29, 0.717) is 17.0 Å². The van der Waals surface area contributed by atoms with Crippen LogP contribution in [0.1, 0.15) is 11.5 Å². The number of carbonyl (C=O) groups is 2. The summed E-state index contributed by atoms with van der Waals surface area (Å²) in [5, 5.41) is 4.70. The lowest BCUT2D eigenvalue weighted by molar-refractivity contribution is -0.145. The fraction of sp³-hybridized carbons (Fsp3) is 0.136. The van der Waals surface area contributed by atoms with Crippen molar-refractivity contribution in [2.75, 3.05) is 6.54 Å². The van der Waals surface area contributed by atoms with Crippen LogP contribution in [-0.4, -0.2) is 23.4 Å². The van der Waals surface area contributed by atoms with Crippen LogP contribution in [0.2, 0.25) is 0 Å². The van der Waals surface area contributed by atoms with E-state index >= 15 is 0 Å². The van der Waals surface area contributed by atoms with E-state index in [1.54, 1.807) is 6.07 Å². The number of nitrogens with one attached hydrogen (secondary N) is 1. The van der Waals surface area contributed by atoms with Crippen LogP contribution in [0.25, 0.3) is 21.9 Å². The van der Waals surface area contributed by atoms with Crippen molar-refractivity contribution in [1.29, 1.82) is 0 Å². The monoisotopic (exact) mass is 374 g/mol. The second-order valence-electron chi connectivity index (χ2n) is 6.33. The van der Waals surface area contributed by atoms with Crippen molar-refractivity contribution in [3.05, 3.63) is 78.2 Å². The molecule has 1 aromatic heterocycles. The summed E-state index contributed by atoms with van der Waals surface area (Å²) in [4.78, 5) is 28.3. The summed E-state index contributed by atoms with van der Waals surface area (Å²) in [6.45, 7) is -0.281. The third-order valence-electron chi connectivity index (χ3n) is 4.36. The zero-order chi connectivity index (χ0) is 19.3. The highest BCUT2D eigenvalue weighted by molar-refractivity contribution is 5.91. The molecule has 0 atom stereocenters. The molecule has 0 aliphatic rings. The number of fused-ring (bicyclic) bond motifs is 2. The van der Waals surface area contributed by atoms with Gasteiger partial charge in [-0.3, -0.25) is 9.59 Å². The van der Waals surface area contributed by atoms with Gasteiger partial charge >= 0.3 is 5.97 Å². The van der Waals surface area contributed by atoms with Crippen molar-refractivity contribution in [1.82, 2.24) is 10.3 Å². The highest BCUT2D eigenvalue weighted by Gasteiger charge is 2.11. The smallest absolute Gasteiger partial charge is 0.325 e. The van der Waals surface area contributed by atoms with Crippen molar-refractivity contribution in [3.63, 3.8) is 0 Å². The maximum atomic E-state index is 12.2. The van der Waals surface area contributed by atoms with E-state index in [4.69, 9.17) is 9.15 Å². The molecule has 140 valence electrons. The Morgan fingerprint density at radius 2 is 1.75 bits per heavy atom. The quantitative estimate of drug-likeness (QED) is 0.523. The number of hydrogen-bond acceptors (Lipinski definition) is 5. The molecule has 0 spiro atoms. The van der Waals surface area contributed by atoms with E-state index in [0.717, 1.165) is 16.3 Å². The molecule has 4 aromatic rings. The van der Waals surface area contributed by atoms with Gasteiger partial charge in [0.2, 0.25) is 11.8 Å². The van der Waals surface area contributed by atoms with Crippen molar-refractivity contribution < 1.29 is 18.7 Å². The molecule has 1 heterocycles. The van der Waals surface area contributed by atoms with Crippen LogP contribution < -0.4 is 5.32 Å². The van der Waals surface area contributed by atoms with Gasteiger partial charge in [-0.2, -0.15) is 0 Å². The first-order valence-electron chi connectivity index (χ1n) is 8.92. The molecule has 0 bridgehead atoms. The largest absolute Gasteiger partial charge is 0.454 e. The fourth-order valence-electron chi connectivity index (χ4n) is 3.03. The number of benzene rings is 3. The van der Waals surface area contributed by atoms with E-state index in [9.17, 15) is 9.59 Å². The summed E-state index contributed by atoms with van der Waals surface area (Å²) in [6.07, 6.45) is 0.194. The molecule has 0 radical (unpaired) electrons. The van der Waals surface area contributed by atoms with Crippen LogP contribution in [0, 0.1) is 0 Å². The Kier molecular flexibility index (Phi) is 5.01. The van der Waals surface area contributed by atoms with Gasteiger partial charge in [0.15, 0.2) is 12.2 Å². The third-order valence-corrected chi connectivity index (χ3v) is 4.36. The molecule has 6 nitrogen and oxygen atoms in total. The molecule has 3 aromatic carbocycles. The normalized spacial score (nSPS) is 10.9. The van der Waals surface area contributed by atoms with Gasteiger partial charge in [0.05, 0.1) is 6.42 Å². The number of rotatable bonds is 6. The van der Waals surface area contributed by atoms with Crippen LogP contribution in [0.4, 0.5) is 0 Å². The summed E-state index contributed by atoms with van der Waals surface area (Å²) >= 11 is 0. The van der Waals surface area contributed by atoms with Crippen LogP contribution in [0.15, 0.2) is 71.1 Å². The Morgan fingerprint density at radius 3 is 2.64 bits per heavy atom. The number of esters is 1. The first-order chi connectivity index (χ1) is 13.7. The van der Waals surface area contributed by atoms with Gasteiger partial charge in [-0.1, -0.05) is 54.6 Å². The molecule has 28 heavy (non-hydrogen) atoms. The molecular formula is C22H18N2O4. The van der Waals surface area contributed by atoms with E-state index in [-0.39, 0.29) is 25.5 Å². The molecule has 0 saturated carbocycles. The number of amides is 1. The van der Waals surface area contributed by atoms with Gasteiger partial charge in [0.25, 0.3) is 0 Å². The maximum Gasteiger partial charge on any atom is 0.325 e. The van der Waals surface area contributed by atoms with E-state index in [2.05, 4.69) is 10.3 Å². The first-order valence-corrected chi connectivity index (χ1v) is 8.92. The number of para-hydroxylation sites is 2.